The van der Waals surface area contributed by atoms with E-state index in [1.165, 1.54) is 0 Å². The van der Waals surface area contributed by atoms with Gasteiger partial charge in [-0.3, -0.25) is 15.6 Å². The van der Waals surface area contributed by atoms with Crippen LogP contribution in [-0.4, -0.2) is 40.4 Å². The van der Waals surface area contributed by atoms with E-state index in [-0.39, 0.29) is 29.3 Å². The Bertz CT molecular complexity index is 509. The van der Waals surface area contributed by atoms with Gasteiger partial charge in [-0.15, -0.1) is 0 Å². The first-order valence-electron chi connectivity index (χ1n) is 8.76. The summed E-state index contributed by atoms with van der Waals surface area (Å²) >= 11 is 10.3. The van der Waals surface area contributed by atoms with Crippen molar-refractivity contribution in [3.05, 3.63) is 0 Å². The van der Waals surface area contributed by atoms with E-state index in [0.29, 0.717) is 18.0 Å². The highest BCUT2D eigenvalue weighted by molar-refractivity contribution is 7.80. The van der Waals surface area contributed by atoms with Crippen LogP contribution in [0.3, 0.4) is 0 Å². The SMILES string of the molecule is CC(=O)C1CCCC(NC(=S)NNC(=S)NC2CCC(F)CC2F)C1. The molecule has 5 nitrogen and oxygen atoms in total. The highest BCUT2D eigenvalue weighted by atomic mass is 32.1. The lowest BCUT2D eigenvalue weighted by Gasteiger charge is -2.31. The van der Waals surface area contributed by atoms with Crippen LogP contribution in [0.4, 0.5) is 8.78 Å². The van der Waals surface area contributed by atoms with E-state index >= 15 is 0 Å². The molecule has 25 heavy (non-hydrogen) atoms. The Labute approximate surface area is 158 Å². The molecule has 0 amide bonds. The molecule has 2 rings (SSSR count). The van der Waals surface area contributed by atoms with Crippen LogP contribution in [0.1, 0.15) is 51.9 Å². The Balaban J connectivity index is 1.67. The first kappa shape index (κ1) is 20.2. The van der Waals surface area contributed by atoms with Crippen molar-refractivity contribution >= 4 is 40.4 Å². The van der Waals surface area contributed by atoms with Gasteiger partial charge in [0.05, 0.1) is 6.04 Å². The molecule has 0 aliphatic heterocycles. The number of nitrogens with one attached hydrogen (secondary N) is 4. The summed E-state index contributed by atoms with van der Waals surface area (Å²) in [6.07, 6.45) is 2.00. The van der Waals surface area contributed by atoms with Crippen LogP contribution in [0.25, 0.3) is 0 Å². The Morgan fingerprint density at radius 2 is 1.64 bits per heavy atom. The molecule has 2 aliphatic rings. The number of ketones is 1. The lowest BCUT2D eigenvalue weighted by molar-refractivity contribution is -0.121. The Kier molecular flexibility index (Phi) is 7.74. The highest BCUT2D eigenvalue weighted by Gasteiger charge is 2.31. The van der Waals surface area contributed by atoms with Gasteiger partial charge in [-0.05, 0) is 63.5 Å². The number of Topliss-reactive ketones (excluding diaryl/α,β-unsaturated/α-hetero) is 1. The van der Waals surface area contributed by atoms with Crippen LogP contribution < -0.4 is 21.5 Å². The van der Waals surface area contributed by atoms with Crippen LogP contribution in [-0.2, 0) is 4.79 Å². The van der Waals surface area contributed by atoms with E-state index in [1.54, 1.807) is 6.92 Å². The van der Waals surface area contributed by atoms with Crippen molar-refractivity contribution in [3.8, 4) is 0 Å². The molecule has 0 aromatic carbocycles. The van der Waals surface area contributed by atoms with Gasteiger partial charge in [-0.1, -0.05) is 6.42 Å². The smallest absolute Gasteiger partial charge is 0.185 e. The Morgan fingerprint density at radius 1 is 0.960 bits per heavy atom. The molecule has 0 radical (unpaired) electrons. The lowest BCUT2D eigenvalue weighted by atomic mass is 9.83. The van der Waals surface area contributed by atoms with Crippen LogP contribution >= 0.6 is 24.4 Å². The monoisotopic (exact) mass is 392 g/mol. The number of hydrogen-bond donors (Lipinski definition) is 4. The summed E-state index contributed by atoms with van der Waals surface area (Å²) in [5, 5.41) is 6.63. The maximum absolute atomic E-state index is 13.8. The van der Waals surface area contributed by atoms with Gasteiger partial charge in [0, 0.05) is 18.4 Å². The average Bonchev–Trinajstić information content (AvgIpc) is 2.56. The number of carbonyl (C=O) groups excluding carboxylic acids is 1. The van der Waals surface area contributed by atoms with E-state index in [1.807, 2.05) is 0 Å². The van der Waals surface area contributed by atoms with Gasteiger partial charge in [0.1, 0.15) is 18.1 Å². The summed E-state index contributed by atoms with van der Waals surface area (Å²) in [5.41, 5.74) is 5.50. The number of alkyl halides is 2. The summed E-state index contributed by atoms with van der Waals surface area (Å²) in [5.74, 6) is 0.314. The molecule has 0 aromatic heterocycles. The molecule has 0 bridgehead atoms. The van der Waals surface area contributed by atoms with Gasteiger partial charge < -0.3 is 10.6 Å². The number of hydrogen-bond acceptors (Lipinski definition) is 3. The maximum Gasteiger partial charge on any atom is 0.185 e. The number of halogens is 2. The van der Waals surface area contributed by atoms with E-state index in [0.717, 1.165) is 25.7 Å². The molecule has 5 unspecified atom stereocenters. The topological polar surface area (TPSA) is 65.2 Å². The Hall–Kier alpha value is -1.09. The van der Waals surface area contributed by atoms with Gasteiger partial charge in [0.2, 0.25) is 0 Å². The van der Waals surface area contributed by atoms with Crippen LogP contribution in [0, 0.1) is 5.92 Å². The van der Waals surface area contributed by atoms with Gasteiger partial charge >= 0.3 is 0 Å². The second kappa shape index (κ2) is 9.56. The van der Waals surface area contributed by atoms with E-state index < -0.39 is 18.4 Å². The molecular weight excluding hydrogens is 366 g/mol. The van der Waals surface area contributed by atoms with Crippen molar-refractivity contribution in [2.75, 3.05) is 0 Å². The third-order valence-corrected chi connectivity index (χ3v) is 5.34. The number of thiocarbonyl (C=S) groups is 2. The quantitative estimate of drug-likeness (QED) is 0.434. The van der Waals surface area contributed by atoms with Gasteiger partial charge in [-0.2, -0.15) is 0 Å². The zero-order valence-electron chi connectivity index (χ0n) is 14.3. The fourth-order valence-corrected chi connectivity index (χ4v) is 3.88. The fraction of sp³-hybridized carbons (Fsp3) is 0.812. The summed E-state index contributed by atoms with van der Waals surface area (Å²) < 4.78 is 26.9. The first-order valence-corrected chi connectivity index (χ1v) is 9.58. The normalized spacial score (nSPS) is 32.4. The lowest BCUT2D eigenvalue weighted by Crippen LogP contribution is -2.56. The van der Waals surface area contributed by atoms with Crippen molar-refractivity contribution in [1.29, 1.82) is 0 Å². The predicted molar refractivity (Wildman–Crippen MR) is 102 cm³/mol. The first-order chi connectivity index (χ1) is 11.8. The van der Waals surface area contributed by atoms with E-state index in [2.05, 4.69) is 21.5 Å². The fourth-order valence-electron chi connectivity index (χ4n) is 3.46. The molecule has 2 fully saturated rings. The van der Waals surface area contributed by atoms with E-state index in [9.17, 15) is 13.6 Å². The molecule has 4 N–H and O–H groups in total. The van der Waals surface area contributed by atoms with Crippen LogP contribution in [0.5, 0.6) is 0 Å². The minimum atomic E-state index is -1.25. The van der Waals surface area contributed by atoms with Crippen LogP contribution in [0.2, 0.25) is 0 Å². The van der Waals surface area contributed by atoms with Crippen molar-refractivity contribution in [3.63, 3.8) is 0 Å². The van der Waals surface area contributed by atoms with Gasteiger partial charge in [0.15, 0.2) is 10.2 Å². The third-order valence-electron chi connectivity index (χ3n) is 4.90. The van der Waals surface area contributed by atoms with Crippen molar-refractivity contribution < 1.29 is 13.6 Å². The molecular formula is C16H26F2N4OS2. The van der Waals surface area contributed by atoms with Crippen molar-refractivity contribution in [1.82, 2.24) is 21.5 Å². The zero-order valence-corrected chi connectivity index (χ0v) is 16.0. The Morgan fingerprint density at radius 3 is 2.28 bits per heavy atom. The predicted octanol–water partition coefficient (Wildman–Crippen LogP) is 2.21. The van der Waals surface area contributed by atoms with Crippen molar-refractivity contribution in [2.45, 2.75) is 76.3 Å². The van der Waals surface area contributed by atoms with Crippen molar-refractivity contribution in [2.24, 2.45) is 5.92 Å². The number of carbonyl (C=O) groups is 1. The molecule has 5 atom stereocenters. The molecule has 0 saturated heterocycles. The molecule has 0 spiro atoms. The summed E-state index contributed by atoms with van der Waals surface area (Å²) in [6, 6.07) is -0.328. The molecule has 2 saturated carbocycles. The van der Waals surface area contributed by atoms with E-state index in [4.69, 9.17) is 24.4 Å². The van der Waals surface area contributed by atoms with Gasteiger partial charge in [-0.25, -0.2) is 8.78 Å². The third kappa shape index (κ3) is 6.62. The highest BCUT2D eigenvalue weighted by Crippen LogP contribution is 2.25. The number of rotatable bonds is 3. The second-order valence-electron chi connectivity index (χ2n) is 6.90. The zero-order chi connectivity index (χ0) is 18.4. The molecule has 9 heteroatoms. The maximum atomic E-state index is 13.8. The molecule has 142 valence electrons. The number of hydrazine groups is 1. The molecule has 0 aromatic rings. The average molecular weight is 393 g/mol. The minimum absolute atomic E-state index is 0.0906. The molecule has 2 aliphatic carbocycles. The molecule has 0 heterocycles. The second-order valence-corrected chi connectivity index (χ2v) is 7.72. The standard InChI is InChI=1S/C16H26F2N4OS2/c1-9(23)10-3-2-4-12(7-10)19-15(24)21-22-16(25)20-14-6-5-11(17)8-13(14)18/h10-14H,2-8H2,1H3,(H2,19,21,24)(H2,20,22,25). The van der Waals surface area contributed by atoms with Crippen LogP contribution in [0.15, 0.2) is 0 Å². The van der Waals surface area contributed by atoms with Gasteiger partial charge in [0.25, 0.3) is 0 Å². The largest absolute Gasteiger partial charge is 0.359 e. The summed E-state index contributed by atoms with van der Waals surface area (Å²) in [6.45, 7) is 1.63. The minimum Gasteiger partial charge on any atom is -0.359 e. The summed E-state index contributed by atoms with van der Waals surface area (Å²) in [4.78, 5) is 11.5. The summed E-state index contributed by atoms with van der Waals surface area (Å²) in [7, 11) is 0.